The van der Waals surface area contributed by atoms with Crippen molar-refractivity contribution < 1.29 is 27.7 Å². The number of carbonyl (C=O) groups is 1. The van der Waals surface area contributed by atoms with Crippen molar-refractivity contribution in [1.82, 2.24) is 0 Å². The van der Waals surface area contributed by atoms with Crippen LogP contribution < -0.4 is 0 Å². The van der Waals surface area contributed by atoms with Crippen LogP contribution in [0.25, 0.3) is 0 Å². The van der Waals surface area contributed by atoms with Gasteiger partial charge in [0.05, 0.1) is 24.7 Å². The number of cyclic esters (lactones) is 1. The summed E-state index contributed by atoms with van der Waals surface area (Å²) < 4.78 is 33.9. The highest BCUT2D eigenvalue weighted by atomic mass is 31.2. The summed E-state index contributed by atoms with van der Waals surface area (Å²) in [7, 11) is -3.65. The minimum Gasteiger partial charge on any atom is -0.461 e. The van der Waals surface area contributed by atoms with Crippen LogP contribution >= 0.6 is 7.82 Å². The molecule has 0 spiro atoms. The van der Waals surface area contributed by atoms with Crippen molar-refractivity contribution in [2.24, 2.45) is 11.8 Å². The lowest BCUT2D eigenvalue weighted by Gasteiger charge is -2.17. The number of phosphoric ester groups is 1. The number of allylic oxidation sites excluding steroid dienone is 1. The number of rotatable bonds is 15. The zero-order valence-corrected chi connectivity index (χ0v) is 20.1. The highest BCUT2D eigenvalue weighted by Crippen LogP contribution is 2.54. The maximum atomic E-state index is 12.7. The molecule has 1 saturated heterocycles. The smallest absolute Gasteiger partial charge is 0.461 e. The number of fused-ring (bicyclic) bond motifs is 1. The molecule has 0 bridgehead atoms. The molecule has 0 aromatic rings. The molecule has 30 heavy (non-hydrogen) atoms. The van der Waals surface area contributed by atoms with Crippen LogP contribution in [0.1, 0.15) is 97.8 Å². The maximum absolute atomic E-state index is 12.7. The first kappa shape index (κ1) is 25.4. The van der Waals surface area contributed by atoms with E-state index in [1.165, 1.54) is 64.2 Å². The quantitative estimate of drug-likeness (QED) is 0.155. The van der Waals surface area contributed by atoms with Gasteiger partial charge in [-0.05, 0) is 19.3 Å². The highest BCUT2D eigenvalue weighted by Gasteiger charge is 2.42. The monoisotopic (exact) mass is 444 g/mol. The molecule has 1 fully saturated rings. The zero-order valence-electron chi connectivity index (χ0n) is 19.2. The lowest BCUT2D eigenvalue weighted by molar-refractivity contribution is -0.135. The minimum atomic E-state index is -3.65. The fourth-order valence-corrected chi connectivity index (χ4v) is 5.31. The van der Waals surface area contributed by atoms with Crippen LogP contribution in [0.2, 0.25) is 0 Å². The van der Waals surface area contributed by atoms with Gasteiger partial charge in [-0.15, -0.1) is 0 Å². The lowest BCUT2D eigenvalue weighted by atomic mass is 10.0. The Morgan fingerprint density at radius 2 is 1.50 bits per heavy atom. The van der Waals surface area contributed by atoms with Gasteiger partial charge in [0.15, 0.2) is 0 Å². The number of ether oxygens (including phenoxy) is 1. The van der Waals surface area contributed by atoms with Gasteiger partial charge in [-0.25, -0.2) is 9.36 Å². The molecule has 7 heteroatoms. The van der Waals surface area contributed by atoms with Gasteiger partial charge in [0.2, 0.25) is 0 Å². The van der Waals surface area contributed by atoms with E-state index in [0.29, 0.717) is 17.9 Å². The van der Waals surface area contributed by atoms with Crippen molar-refractivity contribution in [2.75, 3.05) is 19.8 Å². The largest absolute Gasteiger partial charge is 0.529 e. The van der Waals surface area contributed by atoms with E-state index in [0.717, 1.165) is 18.8 Å². The van der Waals surface area contributed by atoms with E-state index in [1.54, 1.807) is 6.92 Å². The molecule has 0 aliphatic carbocycles. The van der Waals surface area contributed by atoms with Crippen molar-refractivity contribution in [1.29, 1.82) is 0 Å². The molecule has 2 heterocycles. The van der Waals surface area contributed by atoms with Crippen LogP contribution in [0, 0.1) is 11.8 Å². The molecule has 0 radical (unpaired) electrons. The second-order valence-corrected chi connectivity index (χ2v) is 10.6. The predicted octanol–water partition coefficient (Wildman–Crippen LogP) is 6.94. The molecular formula is C23H41O6P. The van der Waals surface area contributed by atoms with Crippen LogP contribution in [-0.4, -0.2) is 25.8 Å². The van der Waals surface area contributed by atoms with Crippen molar-refractivity contribution >= 4 is 13.8 Å². The Bertz CT molecular complexity index is 601. The van der Waals surface area contributed by atoms with Gasteiger partial charge in [-0.1, -0.05) is 84.5 Å². The average molecular weight is 445 g/mol. The van der Waals surface area contributed by atoms with Gasteiger partial charge in [-0.2, -0.15) is 0 Å². The number of carbonyl (C=O) groups excluding carboxylic acids is 1. The van der Waals surface area contributed by atoms with Gasteiger partial charge >= 0.3 is 13.8 Å². The van der Waals surface area contributed by atoms with Crippen LogP contribution in [0.3, 0.4) is 0 Å². The fourth-order valence-electron chi connectivity index (χ4n) is 3.98. The molecule has 0 saturated carbocycles. The van der Waals surface area contributed by atoms with Gasteiger partial charge < -0.3 is 9.26 Å². The molecular weight excluding hydrogens is 403 g/mol. The van der Waals surface area contributed by atoms with Gasteiger partial charge in [0.25, 0.3) is 0 Å². The third-order valence-electron chi connectivity index (χ3n) is 5.78. The SMILES string of the molecule is CC1=C2C(=O)OC[C@@H]2CO[P@@](=O)(OCCCCCCCCCCCCCC(C)C)O1. The third-order valence-corrected chi connectivity index (χ3v) is 7.24. The summed E-state index contributed by atoms with van der Waals surface area (Å²) >= 11 is 0. The Morgan fingerprint density at radius 1 is 0.933 bits per heavy atom. The summed E-state index contributed by atoms with van der Waals surface area (Å²) in [5, 5.41) is 0. The summed E-state index contributed by atoms with van der Waals surface area (Å²) in [6, 6.07) is 0. The van der Waals surface area contributed by atoms with Crippen molar-refractivity contribution in [3.05, 3.63) is 11.3 Å². The number of phosphoric acid groups is 1. The van der Waals surface area contributed by atoms with Crippen LogP contribution in [0.15, 0.2) is 11.3 Å². The Labute approximate surface area is 182 Å². The lowest BCUT2D eigenvalue weighted by Crippen LogP contribution is -2.10. The highest BCUT2D eigenvalue weighted by molar-refractivity contribution is 7.48. The minimum absolute atomic E-state index is 0.118. The van der Waals surface area contributed by atoms with Gasteiger partial charge in [0, 0.05) is 0 Å². The summed E-state index contributed by atoms with van der Waals surface area (Å²) in [5.74, 6) is 0.492. The number of unbranched alkanes of at least 4 members (excludes halogenated alkanes) is 10. The normalized spacial score (nSPS) is 24.0. The molecule has 0 aromatic heterocycles. The van der Waals surface area contributed by atoms with E-state index >= 15 is 0 Å². The number of hydrogen-bond donors (Lipinski definition) is 0. The first-order valence-electron chi connectivity index (χ1n) is 11.9. The molecule has 2 aliphatic rings. The predicted molar refractivity (Wildman–Crippen MR) is 118 cm³/mol. The summed E-state index contributed by atoms with van der Waals surface area (Å²) in [4.78, 5) is 11.7. The Hall–Kier alpha value is -0.840. The molecule has 2 rings (SSSR count). The third kappa shape index (κ3) is 9.11. The van der Waals surface area contributed by atoms with E-state index in [-0.39, 0.29) is 19.1 Å². The van der Waals surface area contributed by atoms with Crippen LogP contribution in [0.4, 0.5) is 0 Å². The molecule has 6 nitrogen and oxygen atoms in total. The standard InChI is InChI=1S/C23H41O6P/c1-19(2)15-13-11-9-7-5-4-6-8-10-12-14-16-27-30(25)28-18-21-17-26-23(24)22(21)20(3)29-30/h19,21H,4-18H2,1-3H3/t21-,30-/m1/s1. The second-order valence-electron chi connectivity index (χ2n) is 9.00. The van der Waals surface area contributed by atoms with E-state index in [9.17, 15) is 9.36 Å². The maximum Gasteiger partial charge on any atom is 0.529 e. The first-order chi connectivity index (χ1) is 14.4. The Morgan fingerprint density at radius 3 is 2.10 bits per heavy atom. The van der Waals surface area contributed by atoms with Crippen molar-refractivity contribution in [3.63, 3.8) is 0 Å². The topological polar surface area (TPSA) is 71.1 Å². The average Bonchev–Trinajstić information content (AvgIpc) is 3.01. The van der Waals surface area contributed by atoms with Crippen LogP contribution in [0.5, 0.6) is 0 Å². The van der Waals surface area contributed by atoms with Crippen molar-refractivity contribution in [3.8, 4) is 0 Å². The first-order valence-corrected chi connectivity index (χ1v) is 13.3. The molecule has 0 aromatic carbocycles. The second kappa shape index (κ2) is 13.5. The Kier molecular flexibility index (Phi) is 11.5. The van der Waals surface area contributed by atoms with Gasteiger partial charge in [0.1, 0.15) is 12.4 Å². The zero-order chi connectivity index (χ0) is 21.8. The number of esters is 1. The summed E-state index contributed by atoms with van der Waals surface area (Å²) in [6.07, 6.45) is 15.1. The van der Waals surface area contributed by atoms with Crippen molar-refractivity contribution in [2.45, 2.75) is 97.8 Å². The summed E-state index contributed by atoms with van der Waals surface area (Å²) in [6.45, 7) is 6.91. The van der Waals surface area contributed by atoms with E-state index < -0.39 is 13.8 Å². The summed E-state index contributed by atoms with van der Waals surface area (Å²) in [5.41, 5.74) is 0.423. The number of hydrogen-bond acceptors (Lipinski definition) is 6. The van der Waals surface area contributed by atoms with E-state index in [2.05, 4.69) is 13.8 Å². The molecule has 2 aliphatic heterocycles. The Balaban J connectivity index is 1.45. The van der Waals surface area contributed by atoms with Crippen LogP contribution in [-0.2, 0) is 27.7 Å². The van der Waals surface area contributed by atoms with E-state index in [1.807, 2.05) is 0 Å². The van der Waals surface area contributed by atoms with E-state index in [4.69, 9.17) is 18.3 Å². The molecule has 0 N–H and O–H groups in total. The van der Waals surface area contributed by atoms with Gasteiger partial charge in [-0.3, -0.25) is 9.05 Å². The fraction of sp³-hybridized carbons (Fsp3) is 0.870. The molecule has 174 valence electrons. The molecule has 0 unspecified atom stereocenters. The molecule has 2 atom stereocenters. The molecule has 0 amide bonds.